The molecule has 4 heteroatoms. The van der Waals surface area contributed by atoms with Crippen molar-refractivity contribution in [3.8, 4) is 11.5 Å². The molecule has 0 amide bonds. The second kappa shape index (κ2) is 6.38. The zero-order chi connectivity index (χ0) is 14.6. The Labute approximate surface area is 115 Å². The summed E-state index contributed by atoms with van der Waals surface area (Å²) in [5, 5.41) is 10.0. The van der Waals surface area contributed by atoms with E-state index in [0.717, 1.165) is 0 Å². The van der Waals surface area contributed by atoms with Crippen LogP contribution in [-0.2, 0) is 4.43 Å². The summed E-state index contributed by atoms with van der Waals surface area (Å²) >= 11 is 0. The van der Waals surface area contributed by atoms with Crippen LogP contribution in [0.25, 0.3) is 0 Å². The topological polar surface area (TPSA) is 29.5 Å². The molecule has 0 rings (SSSR count). The van der Waals surface area contributed by atoms with E-state index in [9.17, 15) is 5.11 Å². The summed E-state index contributed by atoms with van der Waals surface area (Å²) in [6.07, 6.45) is 0.0748. The molecule has 0 fully saturated rings. The fourth-order valence-corrected chi connectivity index (χ4v) is 2.67. The van der Waals surface area contributed by atoms with E-state index in [-0.39, 0.29) is 5.04 Å². The van der Waals surface area contributed by atoms with Crippen molar-refractivity contribution in [2.75, 3.05) is 6.61 Å². The van der Waals surface area contributed by atoms with E-state index in [0.29, 0.717) is 13.0 Å². The summed E-state index contributed by atoms with van der Waals surface area (Å²) in [6.45, 7) is 18.3. The summed E-state index contributed by atoms with van der Waals surface area (Å²) in [7, 11) is -3.06. The lowest BCUT2D eigenvalue weighted by atomic mass is 10.2. The lowest BCUT2D eigenvalue weighted by molar-refractivity contribution is 0.179. The van der Waals surface area contributed by atoms with Crippen molar-refractivity contribution in [3.05, 3.63) is 0 Å². The largest absolute Gasteiger partial charge is 0.417 e. The van der Waals surface area contributed by atoms with Gasteiger partial charge in [0.1, 0.15) is 14.2 Å². The Morgan fingerprint density at radius 1 is 1.11 bits per heavy atom. The summed E-state index contributed by atoms with van der Waals surface area (Å²) in [4.78, 5) is 0. The van der Waals surface area contributed by atoms with Crippen LogP contribution < -0.4 is 0 Å². The highest BCUT2D eigenvalue weighted by Crippen LogP contribution is 2.36. The maximum absolute atomic E-state index is 9.80. The number of hydrogen-bond donors (Lipinski definition) is 1. The zero-order valence-electron chi connectivity index (χ0n) is 13.3. The highest BCUT2D eigenvalue weighted by molar-refractivity contribution is 6.83. The average molecular weight is 287 g/mol. The quantitative estimate of drug-likeness (QED) is 0.631. The van der Waals surface area contributed by atoms with Gasteiger partial charge >= 0.3 is 0 Å². The van der Waals surface area contributed by atoms with Gasteiger partial charge in [-0.05, 0) is 18.1 Å². The maximum Gasteiger partial charge on any atom is 0.191 e. The monoisotopic (exact) mass is 286 g/mol. The Kier molecular flexibility index (Phi) is 6.35. The van der Waals surface area contributed by atoms with Crippen molar-refractivity contribution >= 4 is 16.4 Å². The third kappa shape index (κ3) is 7.37. The van der Waals surface area contributed by atoms with Crippen LogP contribution in [0.4, 0.5) is 0 Å². The molecule has 1 N–H and O–H groups in total. The molecule has 1 atom stereocenters. The third-order valence-corrected chi connectivity index (χ3v) is 8.71. The molecule has 2 nitrogen and oxygen atoms in total. The van der Waals surface area contributed by atoms with Crippen molar-refractivity contribution in [2.45, 2.75) is 71.1 Å². The van der Waals surface area contributed by atoms with Gasteiger partial charge in [-0.15, -0.1) is 5.54 Å². The molecular formula is C14H30O2Si2. The zero-order valence-corrected chi connectivity index (χ0v) is 15.3. The van der Waals surface area contributed by atoms with Gasteiger partial charge in [0.25, 0.3) is 0 Å². The van der Waals surface area contributed by atoms with Crippen molar-refractivity contribution < 1.29 is 9.53 Å². The molecule has 0 unspecified atom stereocenters. The summed E-state index contributed by atoms with van der Waals surface area (Å²) in [5.74, 6) is 2.95. The first-order valence-corrected chi connectivity index (χ1v) is 13.1. The Morgan fingerprint density at radius 2 is 1.61 bits per heavy atom. The van der Waals surface area contributed by atoms with Gasteiger partial charge in [0, 0.05) is 13.0 Å². The van der Waals surface area contributed by atoms with Crippen LogP contribution in [0.3, 0.4) is 0 Å². The van der Waals surface area contributed by atoms with Gasteiger partial charge in [0.2, 0.25) is 0 Å². The molecule has 0 radical (unpaired) electrons. The second-order valence-corrected chi connectivity index (χ2v) is 17.0. The Bertz CT molecular complexity index is 313. The van der Waals surface area contributed by atoms with Crippen molar-refractivity contribution in [3.63, 3.8) is 0 Å². The first-order valence-electron chi connectivity index (χ1n) is 6.70. The first-order chi connectivity index (χ1) is 7.85. The van der Waals surface area contributed by atoms with E-state index in [1.165, 1.54) is 0 Å². The maximum atomic E-state index is 9.80. The molecule has 0 aliphatic carbocycles. The van der Waals surface area contributed by atoms with Gasteiger partial charge in [-0.2, -0.15) is 0 Å². The fraction of sp³-hybridized carbons (Fsp3) is 0.857. The minimum atomic E-state index is -1.68. The van der Waals surface area contributed by atoms with E-state index < -0.39 is 22.5 Å². The second-order valence-electron chi connectivity index (χ2n) is 7.43. The van der Waals surface area contributed by atoms with E-state index in [1.807, 2.05) is 0 Å². The van der Waals surface area contributed by atoms with E-state index >= 15 is 0 Å². The van der Waals surface area contributed by atoms with Gasteiger partial charge in [-0.3, -0.25) is 0 Å². The summed E-state index contributed by atoms with van der Waals surface area (Å²) < 4.78 is 6.02. The Hall–Kier alpha value is -0.0862. The Morgan fingerprint density at radius 3 is 2.00 bits per heavy atom. The van der Waals surface area contributed by atoms with E-state index in [1.54, 1.807) is 0 Å². The molecule has 0 aromatic heterocycles. The number of aliphatic hydroxyl groups excluding tert-OH is 1. The fourth-order valence-electron chi connectivity index (χ4n) is 1.01. The van der Waals surface area contributed by atoms with Crippen molar-refractivity contribution in [1.82, 2.24) is 0 Å². The Balaban J connectivity index is 4.17. The van der Waals surface area contributed by atoms with Gasteiger partial charge in [0.05, 0.1) is 0 Å². The minimum absolute atomic E-state index is 0.224. The molecule has 0 aliphatic rings. The highest BCUT2D eigenvalue weighted by Gasteiger charge is 2.36. The molecule has 0 saturated carbocycles. The van der Waals surface area contributed by atoms with Crippen LogP contribution >= 0.6 is 0 Å². The predicted octanol–water partition coefficient (Wildman–Crippen LogP) is 3.64. The molecule has 0 spiro atoms. The predicted molar refractivity (Wildman–Crippen MR) is 84.9 cm³/mol. The first kappa shape index (κ1) is 17.9. The highest BCUT2D eigenvalue weighted by atomic mass is 28.4. The normalized spacial score (nSPS) is 14.9. The summed E-state index contributed by atoms with van der Waals surface area (Å²) in [6, 6.07) is 0. The molecule has 18 heavy (non-hydrogen) atoms. The molecule has 0 aliphatic heterocycles. The van der Waals surface area contributed by atoms with Gasteiger partial charge in [-0.1, -0.05) is 46.3 Å². The van der Waals surface area contributed by atoms with Gasteiger partial charge < -0.3 is 9.53 Å². The van der Waals surface area contributed by atoms with Crippen LogP contribution in [0.15, 0.2) is 0 Å². The molecule has 0 heterocycles. The molecule has 0 aromatic rings. The molecule has 0 aromatic carbocycles. The van der Waals surface area contributed by atoms with Crippen molar-refractivity contribution in [1.29, 1.82) is 0 Å². The van der Waals surface area contributed by atoms with E-state index in [4.69, 9.17) is 4.43 Å². The molecule has 0 saturated heterocycles. The van der Waals surface area contributed by atoms with Crippen LogP contribution in [0.1, 0.15) is 27.2 Å². The average Bonchev–Trinajstić information content (AvgIpc) is 2.11. The van der Waals surface area contributed by atoms with Gasteiger partial charge in [0.15, 0.2) is 8.32 Å². The van der Waals surface area contributed by atoms with E-state index in [2.05, 4.69) is 65.0 Å². The lowest BCUT2D eigenvalue weighted by Crippen LogP contribution is -2.41. The standard InChI is InChI=1S/C14H30O2Si2/c1-14(2,3)18(7,8)16-11-9-13(15)10-12-17(4,5)6/h13,15H,9,11H2,1-8H3/t13-/m0/s1. The van der Waals surface area contributed by atoms with Crippen LogP contribution in [-0.4, -0.2) is 34.2 Å². The molecule has 106 valence electrons. The molecular weight excluding hydrogens is 256 g/mol. The smallest absolute Gasteiger partial charge is 0.191 e. The third-order valence-electron chi connectivity index (χ3n) is 3.27. The lowest BCUT2D eigenvalue weighted by Gasteiger charge is -2.36. The minimum Gasteiger partial charge on any atom is -0.417 e. The molecule has 0 bridgehead atoms. The van der Waals surface area contributed by atoms with Crippen LogP contribution in [0.5, 0.6) is 0 Å². The van der Waals surface area contributed by atoms with Crippen molar-refractivity contribution in [2.24, 2.45) is 0 Å². The number of aliphatic hydroxyl groups is 1. The summed E-state index contributed by atoms with van der Waals surface area (Å²) in [5.41, 5.74) is 3.19. The SMILES string of the molecule is CC(C)(C)[Si](C)(C)OCC[C@H](O)C#C[Si](C)(C)C. The van der Waals surface area contributed by atoms with Crippen LogP contribution in [0, 0.1) is 11.5 Å². The van der Waals surface area contributed by atoms with Gasteiger partial charge in [-0.25, -0.2) is 0 Å². The number of hydrogen-bond acceptors (Lipinski definition) is 2. The number of rotatable bonds is 4. The van der Waals surface area contributed by atoms with Crippen LogP contribution in [0.2, 0.25) is 37.8 Å².